The van der Waals surface area contributed by atoms with Gasteiger partial charge in [-0.25, -0.2) is 4.98 Å². The summed E-state index contributed by atoms with van der Waals surface area (Å²) in [4.78, 5) is 18.5. The summed E-state index contributed by atoms with van der Waals surface area (Å²) in [6.07, 6.45) is 1.59. The van der Waals surface area contributed by atoms with Gasteiger partial charge in [0.1, 0.15) is 12.2 Å². The molecule has 0 radical (unpaired) electrons. The minimum absolute atomic E-state index is 0.283. The number of aromatic nitrogens is 2. The van der Waals surface area contributed by atoms with Crippen LogP contribution in [0.2, 0.25) is 0 Å². The molecule has 0 aliphatic heterocycles. The molecule has 0 aliphatic rings. The molecular weight excluding hydrogens is 742 g/mol. The zero-order chi connectivity index (χ0) is 30.1. The van der Waals surface area contributed by atoms with E-state index in [1.54, 1.807) is 24.4 Å². The molecule has 0 unspecified atom stereocenters. The van der Waals surface area contributed by atoms with Gasteiger partial charge in [0.2, 0.25) is 5.82 Å². The van der Waals surface area contributed by atoms with Crippen LogP contribution in [0.3, 0.4) is 0 Å². The smallest absolute Gasteiger partial charge is 0.282 e. The predicted molar refractivity (Wildman–Crippen MR) is 180 cm³/mol. The molecule has 0 saturated heterocycles. The minimum atomic E-state index is -0.322. The second-order valence-corrected chi connectivity index (χ2v) is 12.2. The highest BCUT2D eigenvalue weighted by Crippen LogP contribution is 2.43. The minimum Gasteiger partial charge on any atom is -0.490 e. The Morgan fingerprint density at radius 2 is 1.74 bits per heavy atom. The van der Waals surface area contributed by atoms with E-state index in [1.165, 1.54) is 10.2 Å². The standard InChI is InChI=1S/C33H24Br3N3O4/c1-3-41-27-16-22(29(35)30(36)31(27)42-18-20-10-8-19(2)9-11-20)17-37-39-32(38-25-7-5-4-6-24(25)33(39)40)28-15-21-14-23(34)12-13-26(21)43-28/h4-17H,3,18H2,1-2H3. The van der Waals surface area contributed by atoms with Gasteiger partial charge >= 0.3 is 0 Å². The average molecular weight is 766 g/mol. The summed E-state index contributed by atoms with van der Waals surface area (Å²) >= 11 is 10.9. The molecule has 216 valence electrons. The maximum Gasteiger partial charge on any atom is 0.282 e. The van der Waals surface area contributed by atoms with Crippen molar-refractivity contribution in [2.24, 2.45) is 5.10 Å². The van der Waals surface area contributed by atoms with Crippen molar-refractivity contribution in [1.82, 2.24) is 9.66 Å². The van der Waals surface area contributed by atoms with Crippen LogP contribution < -0.4 is 15.0 Å². The van der Waals surface area contributed by atoms with Crippen molar-refractivity contribution in [3.05, 3.63) is 119 Å². The van der Waals surface area contributed by atoms with E-state index in [4.69, 9.17) is 18.9 Å². The molecule has 43 heavy (non-hydrogen) atoms. The van der Waals surface area contributed by atoms with E-state index in [9.17, 15) is 4.79 Å². The Morgan fingerprint density at radius 3 is 2.53 bits per heavy atom. The molecule has 0 amide bonds. The number of para-hydroxylation sites is 1. The Balaban J connectivity index is 1.43. The molecule has 2 heterocycles. The summed E-state index contributed by atoms with van der Waals surface area (Å²) in [6, 6.07) is 24.7. The normalized spacial score (nSPS) is 11.6. The Kier molecular flexibility index (Phi) is 8.52. The van der Waals surface area contributed by atoms with Gasteiger partial charge in [0.05, 0.1) is 28.2 Å². The first-order chi connectivity index (χ1) is 20.8. The van der Waals surface area contributed by atoms with Crippen LogP contribution in [-0.2, 0) is 6.61 Å². The zero-order valence-corrected chi connectivity index (χ0v) is 27.9. The Bertz CT molecular complexity index is 2070. The lowest BCUT2D eigenvalue weighted by atomic mass is 10.1. The number of furan rings is 1. The van der Waals surface area contributed by atoms with Crippen LogP contribution in [0.4, 0.5) is 0 Å². The van der Waals surface area contributed by atoms with Crippen molar-refractivity contribution in [3.63, 3.8) is 0 Å². The van der Waals surface area contributed by atoms with E-state index in [1.807, 2.05) is 62.4 Å². The summed E-state index contributed by atoms with van der Waals surface area (Å²) in [7, 11) is 0. The topological polar surface area (TPSA) is 78.9 Å². The zero-order valence-electron chi connectivity index (χ0n) is 23.1. The van der Waals surface area contributed by atoms with Gasteiger partial charge in [-0.15, -0.1) is 0 Å². The number of hydrogen-bond acceptors (Lipinski definition) is 6. The summed E-state index contributed by atoms with van der Waals surface area (Å²) in [5.74, 6) is 1.80. The molecule has 6 rings (SSSR count). The molecule has 2 aromatic heterocycles. The van der Waals surface area contributed by atoms with E-state index < -0.39 is 0 Å². The molecule has 7 nitrogen and oxygen atoms in total. The van der Waals surface area contributed by atoms with E-state index in [0.717, 1.165) is 15.4 Å². The largest absolute Gasteiger partial charge is 0.490 e. The van der Waals surface area contributed by atoms with Crippen molar-refractivity contribution >= 4 is 75.9 Å². The number of hydrogen-bond donors (Lipinski definition) is 0. The van der Waals surface area contributed by atoms with Crippen LogP contribution in [0.15, 0.2) is 107 Å². The Hall–Kier alpha value is -3.73. The molecule has 0 N–H and O–H groups in total. The molecule has 0 spiro atoms. The second kappa shape index (κ2) is 12.5. The summed E-state index contributed by atoms with van der Waals surface area (Å²) in [5.41, 5.74) is 3.78. The van der Waals surface area contributed by atoms with Crippen molar-refractivity contribution in [2.75, 3.05) is 6.61 Å². The van der Waals surface area contributed by atoms with Gasteiger partial charge in [-0.05, 0) is 93.7 Å². The van der Waals surface area contributed by atoms with Gasteiger partial charge < -0.3 is 13.9 Å². The van der Waals surface area contributed by atoms with E-state index >= 15 is 0 Å². The molecule has 0 aliphatic carbocycles. The molecule has 6 aromatic rings. The highest BCUT2D eigenvalue weighted by atomic mass is 79.9. The maximum absolute atomic E-state index is 13.7. The summed E-state index contributed by atoms with van der Waals surface area (Å²) in [6.45, 7) is 4.76. The third-order valence-electron chi connectivity index (χ3n) is 6.72. The van der Waals surface area contributed by atoms with Crippen molar-refractivity contribution < 1.29 is 13.9 Å². The van der Waals surface area contributed by atoms with Crippen LogP contribution >= 0.6 is 47.8 Å². The molecular formula is C33H24Br3N3O4. The number of rotatable bonds is 8. The predicted octanol–water partition coefficient (Wildman–Crippen LogP) is 9.27. The summed E-state index contributed by atoms with van der Waals surface area (Å²) < 4.78 is 21.8. The highest BCUT2D eigenvalue weighted by molar-refractivity contribution is 9.13. The molecule has 0 fully saturated rings. The van der Waals surface area contributed by atoms with Crippen LogP contribution in [-0.4, -0.2) is 22.5 Å². The van der Waals surface area contributed by atoms with Gasteiger partial charge in [0.25, 0.3) is 5.56 Å². The fourth-order valence-electron chi connectivity index (χ4n) is 4.57. The number of benzene rings is 4. The fraction of sp³-hybridized carbons (Fsp3) is 0.121. The number of halogens is 3. The molecule has 4 aromatic carbocycles. The lowest BCUT2D eigenvalue weighted by Crippen LogP contribution is -2.20. The van der Waals surface area contributed by atoms with E-state index in [-0.39, 0.29) is 11.4 Å². The fourth-order valence-corrected chi connectivity index (χ4v) is 5.88. The number of ether oxygens (including phenoxy) is 2. The highest BCUT2D eigenvalue weighted by Gasteiger charge is 2.19. The Morgan fingerprint density at radius 1 is 0.953 bits per heavy atom. The third-order valence-corrected chi connectivity index (χ3v) is 9.36. The van der Waals surface area contributed by atoms with E-state index in [2.05, 4.69) is 65.0 Å². The van der Waals surface area contributed by atoms with Crippen molar-refractivity contribution in [2.45, 2.75) is 20.5 Å². The number of aryl methyl sites for hydroxylation is 1. The average Bonchev–Trinajstić information content (AvgIpc) is 3.43. The third kappa shape index (κ3) is 6.04. The maximum atomic E-state index is 13.7. The van der Waals surface area contributed by atoms with E-state index in [0.29, 0.717) is 61.5 Å². The Labute approximate surface area is 272 Å². The lowest BCUT2D eigenvalue weighted by molar-refractivity contribution is 0.267. The molecule has 0 atom stereocenters. The monoisotopic (exact) mass is 763 g/mol. The first kappa shape index (κ1) is 29.3. The van der Waals surface area contributed by atoms with Crippen LogP contribution in [0.5, 0.6) is 11.5 Å². The summed E-state index contributed by atoms with van der Waals surface area (Å²) in [5, 5.41) is 5.94. The second-order valence-electron chi connectivity index (χ2n) is 9.74. The van der Waals surface area contributed by atoms with Crippen molar-refractivity contribution in [1.29, 1.82) is 0 Å². The quantitative estimate of drug-likeness (QED) is 0.145. The first-order valence-electron chi connectivity index (χ1n) is 13.4. The molecule has 0 bridgehead atoms. The van der Waals surface area contributed by atoms with Gasteiger partial charge in [0.15, 0.2) is 17.3 Å². The van der Waals surface area contributed by atoms with Crippen LogP contribution in [0.25, 0.3) is 33.5 Å². The first-order valence-corrected chi connectivity index (χ1v) is 15.8. The molecule has 0 saturated carbocycles. The molecule has 10 heteroatoms. The van der Waals surface area contributed by atoms with Gasteiger partial charge in [0, 0.05) is 19.9 Å². The van der Waals surface area contributed by atoms with Gasteiger partial charge in [-0.1, -0.05) is 57.9 Å². The van der Waals surface area contributed by atoms with Gasteiger partial charge in [-0.2, -0.15) is 9.78 Å². The lowest BCUT2D eigenvalue weighted by Gasteiger charge is -2.16. The SMILES string of the molecule is CCOc1cc(C=Nn2c(-c3cc4cc(Br)ccc4o3)nc3ccccc3c2=O)c(Br)c(Br)c1OCc1ccc(C)cc1. The van der Waals surface area contributed by atoms with Crippen molar-refractivity contribution in [3.8, 4) is 23.1 Å². The van der Waals surface area contributed by atoms with Gasteiger partial charge in [-0.3, -0.25) is 4.79 Å². The van der Waals surface area contributed by atoms with Crippen LogP contribution in [0.1, 0.15) is 23.6 Å². The van der Waals surface area contributed by atoms with Crippen LogP contribution in [0, 0.1) is 6.92 Å². The number of fused-ring (bicyclic) bond motifs is 2. The number of nitrogens with zero attached hydrogens (tertiary/aromatic N) is 3.